The number of para-hydroxylation sites is 1. The predicted octanol–water partition coefficient (Wildman–Crippen LogP) is 1.92. The van der Waals surface area contributed by atoms with Gasteiger partial charge in [0.15, 0.2) is 0 Å². The molecule has 0 radical (unpaired) electrons. The zero-order valence-corrected chi connectivity index (χ0v) is 11.7. The highest BCUT2D eigenvalue weighted by Gasteiger charge is 2.15. The van der Waals surface area contributed by atoms with Gasteiger partial charge in [-0.2, -0.15) is 0 Å². The minimum Gasteiger partial charge on any atom is -0.492 e. The zero-order chi connectivity index (χ0) is 13.8. The Morgan fingerprint density at radius 2 is 2.32 bits per heavy atom. The quantitative estimate of drug-likeness (QED) is 0.852. The van der Waals surface area contributed by atoms with Crippen molar-refractivity contribution in [2.24, 2.45) is 0 Å². The Morgan fingerprint density at radius 3 is 2.95 bits per heavy atom. The fourth-order valence-electron chi connectivity index (χ4n) is 1.94. The lowest BCUT2D eigenvalue weighted by Gasteiger charge is -2.07. The van der Waals surface area contributed by atoms with Crippen LogP contribution in [-0.4, -0.2) is 29.1 Å². The molecule has 1 heterocycles. The van der Waals surface area contributed by atoms with Gasteiger partial charge in [0.05, 0.1) is 18.0 Å². The highest BCUT2D eigenvalue weighted by molar-refractivity contribution is 6.17. The standard InChI is InChI=1S/C13H16ClN3O2/c1-3-19-10-6-4-5-9-13(10)16-11(7-14)17(9)8-12(18)15-2/h4-6H,3,7-8H2,1-2H3,(H,15,18). The molecule has 0 aliphatic rings. The number of carbonyl (C=O) groups is 1. The van der Waals surface area contributed by atoms with Crippen molar-refractivity contribution in [2.45, 2.75) is 19.3 Å². The van der Waals surface area contributed by atoms with Crippen molar-refractivity contribution in [1.82, 2.24) is 14.9 Å². The van der Waals surface area contributed by atoms with Gasteiger partial charge < -0.3 is 14.6 Å². The molecule has 102 valence electrons. The second kappa shape index (κ2) is 5.93. The smallest absolute Gasteiger partial charge is 0.239 e. The topological polar surface area (TPSA) is 56.2 Å². The highest BCUT2D eigenvalue weighted by Crippen LogP contribution is 2.26. The monoisotopic (exact) mass is 281 g/mol. The van der Waals surface area contributed by atoms with Gasteiger partial charge in [-0.3, -0.25) is 4.79 Å². The van der Waals surface area contributed by atoms with Crippen molar-refractivity contribution in [3.63, 3.8) is 0 Å². The number of fused-ring (bicyclic) bond motifs is 1. The van der Waals surface area contributed by atoms with E-state index in [0.29, 0.717) is 18.2 Å². The summed E-state index contributed by atoms with van der Waals surface area (Å²) >= 11 is 5.90. The van der Waals surface area contributed by atoms with E-state index in [-0.39, 0.29) is 18.3 Å². The van der Waals surface area contributed by atoms with Gasteiger partial charge in [-0.05, 0) is 19.1 Å². The Labute approximate surface area is 116 Å². The Bertz CT molecular complexity index is 595. The van der Waals surface area contributed by atoms with Crippen LogP contribution in [0.3, 0.4) is 0 Å². The highest BCUT2D eigenvalue weighted by atomic mass is 35.5. The maximum atomic E-state index is 11.6. The number of nitrogens with zero attached hydrogens (tertiary/aromatic N) is 2. The van der Waals surface area contributed by atoms with E-state index in [4.69, 9.17) is 16.3 Å². The van der Waals surface area contributed by atoms with Gasteiger partial charge in [0.2, 0.25) is 5.91 Å². The van der Waals surface area contributed by atoms with Gasteiger partial charge in [-0.25, -0.2) is 4.98 Å². The molecule has 5 nitrogen and oxygen atoms in total. The molecule has 19 heavy (non-hydrogen) atoms. The Kier molecular flexibility index (Phi) is 4.27. The van der Waals surface area contributed by atoms with E-state index >= 15 is 0 Å². The molecule has 6 heteroatoms. The summed E-state index contributed by atoms with van der Waals surface area (Å²) in [7, 11) is 1.60. The first kappa shape index (κ1) is 13.7. The second-order valence-corrected chi connectivity index (χ2v) is 4.25. The summed E-state index contributed by atoms with van der Waals surface area (Å²) < 4.78 is 7.35. The first-order valence-corrected chi connectivity index (χ1v) is 6.62. The number of rotatable bonds is 5. The van der Waals surface area contributed by atoms with Crippen molar-refractivity contribution < 1.29 is 9.53 Å². The van der Waals surface area contributed by atoms with Crippen LogP contribution < -0.4 is 10.1 Å². The molecule has 0 aliphatic carbocycles. The Balaban J connectivity index is 2.55. The summed E-state index contributed by atoms with van der Waals surface area (Å²) in [5, 5.41) is 2.60. The fourth-order valence-corrected chi connectivity index (χ4v) is 2.15. The minimum absolute atomic E-state index is 0.0903. The van der Waals surface area contributed by atoms with E-state index in [1.54, 1.807) is 7.05 Å². The molecule has 1 aromatic carbocycles. The number of benzene rings is 1. The van der Waals surface area contributed by atoms with Crippen molar-refractivity contribution in [3.05, 3.63) is 24.0 Å². The molecule has 0 atom stereocenters. The van der Waals surface area contributed by atoms with Crippen LogP contribution in [0.15, 0.2) is 18.2 Å². The number of hydrogen-bond acceptors (Lipinski definition) is 3. The lowest BCUT2D eigenvalue weighted by molar-refractivity contribution is -0.121. The summed E-state index contributed by atoms with van der Waals surface area (Å²) in [5.74, 6) is 1.53. The van der Waals surface area contributed by atoms with Crippen molar-refractivity contribution >= 4 is 28.5 Å². The van der Waals surface area contributed by atoms with Gasteiger partial charge in [0.25, 0.3) is 0 Å². The number of likely N-dealkylation sites (N-methyl/N-ethyl adjacent to an activating group) is 1. The number of amides is 1. The molecular weight excluding hydrogens is 266 g/mol. The molecule has 0 aliphatic heterocycles. The van der Waals surface area contributed by atoms with E-state index in [2.05, 4.69) is 10.3 Å². The fraction of sp³-hybridized carbons (Fsp3) is 0.385. The summed E-state index contributed by atoms with van der Waals surface area (Å²) in [4.78, 5) is 16.0. The lowest BCUT2D eigenvalue weighted by Crippen LogP contribution is -2.24. The van der Waals surface area contributed by atoms with Crippen LogP contribution in [0.4, 0.5) is 0 Å². The number of halogens is 1. The number of imidazole rings is 1. The molecule has 1 amide bonds. The largest absolute Gasteiger partial charge is 0.492 e. The van der Waals surface area contributed by atoms with Crippen molar-refractivity contribution in [3.8, 4) is 5.75 Å². The maximum Gasteiger partial charge on any atom is 0.239 e. The van der Waals surface area contributed by atoms with Crippen LogP contribution in [0.25, 0.3) is 11.0 Å². The van der Waals surface area contributed by atoms with Crippen LogP contribution in [-0.2, 0) is 17.2 Å². The Morgan fingerprint density at radius 1 is 1.53 bits per heavy atom. The molecule has 0 saturated heterocycles. The van der Waals surface area contributed by atoms with E-state index in [1.165, 1.54) is 0 Å². The van der Waals surface area contributed by atoms with Gasteiger partial charge >= 0.3 is 0 Å². The summed E-state index contributed by atoms with van der Waals surface area (Å²) in [6, 6.07) is 5.65. The number of hydrogen-bond donors (Lipinski definition) is 1. The third-order valence-corrected chi connectivity index (χ3v) is 3.06. The van der Waals surface area contributed by atoms with Gasteiger partial charge in [0, 0.05) is 7.05 Å². The van der Waals surface area contributed by atoms with E-state index in [0.717, 1.165) is 11.0 Å². The predicted molar refractivity (Wildman–Crippen MR) is 74.5 cm³/mol. The molecule has 0 spiro atoms. The van der Waals surface area contributed by atoms with Crippen molar-refractivity contribution in [2.75, 3.05) is 13.7 Å². The zero-order valence-electron chi connectivity index (χ0n) is 10.9. The van der Waals surface area contributed by atoms with Gasteiger partial charge in [0.1, 0.15) is 23.6 Å². The number of alkyl halides is 1. The van der Waals surface area contributed by atoms with E-state index in [1.807, 2.05) is 29.7 Å². The molecule has 0 fully saturated rings. The average molecular weight is 282 g/mol. The van der Waals surface area contributed by atoms with Crippen LogP contribution in [0.1, 0.15) is 12.7 Å². The van der Waals surface area contributed by atoms with Crippen LogP contribution >= 0.6 is 11.6 Å². The minimum atomic E-state index is -0.0903. The molecule has 1 aromatic heterocycles. The third-order valence-electron chi connectivity index (χ3n) is 2.82. The lowest BCUT2D eigenvalue weighted by atomic mass is 10.3. The normalized spacial score (nSPS) is 10.7. The first-order chi connectivity index (χ1) is 9.21. The molecular formula is C13H16ClN3O2. The van der Waals surface area contributed by atoms with E-state index < -0.39 is 0 Å². The maximum absolute atomic E-state index is 11.6. The summed E-state index contributed by atoms with van der Waals surface area (Å²) in [6.45, 7) is 2.69. The number of ether oxygens (including phenoxy) is 1. The van der Waals surface area contributed by atoms with Gasteiger partial charge in [-0.15, -0.1) is 11.6 Å². The number of carbonyl (C=O) groups excluding carboxylic acids is 1. The van der Waals surface area contributed by atoms with E-state index in [9.17, 15) is 4.79 Å². The molecule has 0 unspecified atom stereocenters. The van der Waals surface area contributed by atoms with Crippen LogP contribution in [0.2, 0.25) is 0 Å². The third kappa shape index (κ3) is 2.66. The molecule has 2 aromatic rings. The van der Waals surface area contributed by atoms with Crippen molar-refractivity contribution in [1.29, 1.82) is 0 Å². The van der Waals surface area contributed by atoms with Crippen LogP contribution in [0.5, 0.6) is 5.75 Å². The summed E-state index contributed by atoms with van der Waals surface area (Å²) in [6.07, 6.45) is 0. The Hall–Kier alpha value is -1.75. The average Bonchev–Trinajstić information content (AvgIpc) is 2.78. The molecule has 0 saturated carbocycles. The molecule has 1 N–H and O–H groups in total. The number of nitrogens with one attached hydrogen (secondary N) is 1. The van der Waals surface area contributed by atoms with Crippen LogP contribution in [0, 0.1) is 0 Å². The molecule has 2 rings (SSSR count). The number of aromatic nitrogens is 2. The SMILES string of the molecule is CCOc1cccc2c1nc(CCl)n2CC(=O)NC. The van der Waals surface area contributed by atoms with Gasteiger partial charge in [-0.1, -0.05) is 6.07 Å². The summed E-state index contributed by atoms with van der Waals surface area (Å²) in [5.41, 5.74) is 1.59. The second-order valence-electron chi connectivity index (χ2n) is 3.98. The molecule has 0 bridgehead atoms. The first-order valence-electron chi connectivity index (χ1n) is 6.08.